The van der Waals surface area contributed by atoms with Crippen LogP contribution in [0.15, 0.2) is 42.2 Å². The molecule has 0 atom stereocenters. The monoisotopic (exact) mass is 260 g/mol. The number of fused-ring (bicyclic) bond motifs is 6. The SMILES string of the molecule is C1=CCc2c(ccc3c4c(ccc23)=C2OCOC2=C4)=C1. The average Bonchev–Trinajstić information content (AvgIpc) is 3.07. The number of hydrogen-bond acceptors (Lipinski definition) is 2. The van der Waals surface area contributed by atoms with Crippen molar-refractivity contribution in [2.75, 3.05) is 6.79 Å². The second kappa shape index (κ2) is 3.54. The number of benzene rings is 2. The minimum Gasteiger partial charge on any atom is -0.454 e. The molecule has 0 unspecified atom stereocenters. The Hall–Kier alpha value is -2.48. The Morgan fingerprint density at radius 1 is 0.950 bits per heavy atom. The summed E-state index contributed by atoms with van der Waals surface area (Å²) in [5, 5.41) is 5.09. The van der Waals surface area contributed by atoms with Crippen molar-refractivity contribution in [2.45, 2.75) is 6.42 Å². The zero-order valence-corrected chi connectivity index (χ0v) is 10.8. The lowest BCUT2D eigenvalue weighted by atomic mass is 9.94. The Morgan fingerprint density at radius 2 is 1.90 bits per heavy atom. The molecular weight excluding hydrogens is 248 g/mol. The molecule has 2 nitrogen and oxygen atoms in total. The Morgan fingerprint density at radius 3 is 2.90 bits per heavy atom. The normalized spacial score (nSPS) is 17.8. The summed E-state index contributed by atoms with van der Waals surface area (Å²) in [5.74, 6) is 1.77. The van der Waals surface area contributed by atoms with Gasteiger partial charge >= 0.3 is 0 Å². The van der Waals surface area contributed by atoms with Crippen LogP contribution >= 0.6 is 0 Å². The van der Waals surface area contributed by atoms with Crippen molar-refractivity contribution in [3.63, 3.8) is 0 Å². The van der Waals surface area contributed by atoms with Gasteiger partial charge in [0.15, 0.2) is 11.5 Å². The van der Waals surface area contributed by atoms with Crippen LogP contribution in [0.1, 0.15) is 11.1 Å². The topological polar surface area (TPSA) is 18.5 Å². The summed E-state index contributed by atoms with van der Waals surface area (Å²) in [6.07, 6.45) is 9.63. The molecule has 1 fully saturated rings. The van der Waals surface area contributed by atoms with Crippen molar-refractivity contribution in [1.82, 2.24) is 0 Å². The summed E-state index contributed by atoms with van der Waals surface area (Å²) in [5.41, 5.74) is 2.64. The van der Waals surface area contributed by atoms with Gasteiger partial charge in [-0.1, -0.05) is 36.4 Å². The molecule has 0 amide bonds. The molecule has 0 radical (unpaired) electrons. The molecule has 1 heterocycles. The summed E-state index contributed by atoms with van der Waals surface area (Å²) in [7, 11) is 0. The van der Waals surface area contributed by atoms with Gasteiger partial charge in [-0.3, -0.25) is 0 Å². The molecule has 0 spiro atoms. The lowest BCUT2D eigenvalue weighted by molar-refractivity contribution is 0.109. The molecule has 5 rings (SSSR count). The van der Waals surface area contributed by atoms with Crippen molar-refractivity contribution in [3.8, 4) is 0 Å². The maximum absolute atomic E-state index is 5.57. The summed E-state index contributed by atoms with van der Waals surface area (Å²) in [6, 6.07) is 8.79. The van der Waals surface area contributed by atoms with E-state index in [1.165, 1.54) is 27.1 Å². The largest absolute Gasteiger partial charge is 0.454 e. The molecular formula is C18H12O2. The molecule has 2 aromatic rings. The molecule has 3 aliphatic rings. The van der Waals surface area contributed by atoms with E-state index < -0.39 is 0 Å². The number of allylic oxidation sites excluding steroid dienone is 2. The first-order chi connectivity index (χ1) is 9.92. The predicted molar refractivity (Wildman–Crippen MR) is 78.9 cm³/mol. The Labute approximate surface area is 115 Å². The van der Waals surface area contributed by atoms with Crippen LogP contribution in [0.4, 0.5) is 0 Å². The summed E-state index contributed by atoms with van der Waals surface area (Å²) >= 11 is 0. The summed E-state index contributed by atoms with van der Waals surface area (Å²) < 4.78 is 11.1. The average molecular weight is 260 g/mol. The van der Waals surface area contributed by atoms with Gasteiger partial charge in [0.2, 0.25) is 6.79 Å². The highest BCUT2D eigenvalue weighted by Crippen LogP contribution is 2.31. The van der Waals surface area contributed by atoms with Gasteiger partial charge in [0, 0.05) is 5.22 Å². The Kier molecular flexibility index (Phi) is 1.83. The van der Waals surface area contributed by atoms with Gasteiger partial charge in [-0.2, -0.15) is 0 Å². The van der Waals surface area contributed by atoms with E-state index in [0.29, 0.717) is 6.79 Å². The number of hydrogen-bond donors (Lipinski definition) is 0. The third-order valence-electron chi connectivity index (χ3n) is 4.29. The molecule has 20 heavy (non-hydrogen) atoms. The minimum atomic E-state index is 0.336. The summed E-state index contributed by atoms with van der Waals surface area (Å²) in [4.78, 5) is 0. The van der Waals surface area contributed by atoms with E-state index in [0.717, 1.165) is 23.2 Å². The fourth-order valence-corrected chi connectivity index (χ4v) is 3.34. The molecule has 96 valence electrons. The molecule has 2 aromatic carbocycles. The first-order valence-corrected chi connectivity index (χ1v) is 6.85. The van der Waals surface area contributed by atoms with Crippen LogP contribution in [0.5, 0.6) is 0 Å². The van der Waals surface area contributed by atoms with Crippen molar-refractivity contribution in [1.29, 1.82) is 0 Å². The lowest BCUT2D eigenvalue weighted by Crippen LogP contribution is -2.13. The molecule has 0 N–H and O–H groups in total. The quantitative estimate of drug-likeness (QED) is 0.723. The van der Waals surface area contributed by atoms with Crippen LogP contribution in [-0.4, -0.2) is 6.79 Å². The molecule has 0 saturated carbocycles. The summed E-state index contributed by atoms with van der Waals surface area (Å²) in [6.45, 7) is 0.336. The van der Waals surface area contributed by atoms with Crippen molar-refractivity contribution in [2.24, 2.45) is 0 Å². The van der Waals surface area contributed by atoms with E-state index in [4.69, 9.17) is 9.47 Å². The Balaban J connectivity index is 1.94. The van der Waals surface area contributed by atoms with Gasteiger partial charge in [-0.15, -0.1) is 0 Å². The molecule has 0 bridgehead atoms. The standard InChI is InChI=1S/C18H12O2/c1-2-4-12-11(3-1)5-6-14-13(12)7-8-15-16(14)9-17-18(15)20-10-19-17/h1-3,5-9H,4,10H2. The van der Waals surface area contributed by atoms with Gasteiger partial charge in [0.05, 0.1) is 0 Å². The maximum atomic E-state index is 5.57. The van der Waals surface area contributed by atoms with E-state index in [1.54, 1.807) is 0 Å². The molecule has 1 aliphatic heterocycles. The fourth-order valence-electron chi connectivity index (χ4n) is 3.34. The Bertz CT molecular complexity index is 946. The van der Waals surface area contributed by atoms with Crippen molar-refractivity contribution < 1.29 is 9.47 Å². The first-order valence-electron chi connectivity index (χ1n) is 6.85. The van der Waals surface area contributed by atoms with Gasteiger partial charge in [-0.05, 0) is 45.7 Å². The van der Waals surface area contributed by atoms with Crippen LogP contribution < -0.4 is 10.4 Å². The highest BCUT2D eigenvalue weighted by atomic mass is 16.7. The van der Waals surface area contributed by atoms with E-state index in [1.807, 2.05) is 0 Å². The lowest BCUT2D eigenvalue weighted by Gasteiger charge is -2.10. The molecule has 0 aromatic heterocycles. The minimum absolute atomic E-state index is 0.336. The van der Waals surface area contributed by atoms with Crippen LogP contribution in [0.25, 0.3) is 28.7 Å². The molecule has 2 aliphatic carbocycles. The van der Waals surface area contributed by atoms with Crippen molar-refractivity contribution in [3.05, 3.63) is 63.7 Å². The predicted octanol–water partition coefficient (Wildman–Crippen LogP) is 2.20. The van der Waals surface area contributed by atoms with Crippen LogP contribution in [-0.2, 0) is 15.9 Å². The van der Waals surface area contributed by atoms with Gasteiger partial charge < -0.3 is 9.47 Å². The van der Waals surface area contributed by atoms with Crippen LogP contribution in [0, 0.1) is 0 Å². The van der Waals surface area contributed by atoms with Crippen LogP contribution in [0.3, 0.4) is 0 Å². The van der Waals surface area contributed by atoms with Gasteiger partial charge in [-0.25, -0.2) is 0 Å². The smallest absolute Gasteiger partial charge is 0.231 e. The van der Waals surface area contributed by atoms with E-state index >= 15 is 0 Å². The molecule has 2 heteroatoms. The molecule has 1 saturated heterocycles. The van der Waals surface area contributed by atoms with E-state index in [9.17, 15) is 0 Å². The van der Waals surface area contributed by atoms with E-state index in [2.05, 4.69) is 48.6 Å². The zero-order valence-electron chi connectivity index (χ0n) is 10.8. The second-order valence-corrected chi connectivity index (χ2v) is 5.30. The van der Waals surface area contributed by atoms with Gasteiger partial charge in [0.25, 0.3) is 0 Å². The van der Waals surface area contributed by atoms with Crippen LogP contribution in [0.2, 0.25) is 0 Å². The first kappa shape index (κ1) is 10.3. The fraction of sp³-hybridized carbons (Fsp3) is 0.111. The second-order valence-electron chi connectivity index (χ2n) is 5.30. The number of rotatable bonds is 0. The maximum Gasteiger partial charge on any atom is 0.231 e. The van der Waals surface area contributed by atoms with Gasteiger partial charge in [0.1, 0.15) is 0 Å². The van der Waals surface area contributed by atoms with E-state index in [-0.39, 0.29) is 0 Å². The zero-order chi connectivity index (χ0) is 13.1. The highest BCUT2D eigenvalue weighted by Gasteiger charge is 2.25. The number of ether oxygens (including phenoxy) is 2. The third-order valence-corrected chi connectivity index (χ3v) is 4.29. The highest BCUT2D eigenvalue weighted by molar-refractivity contribution is 5.97. The van der Waals surface area contributed by atoms with Crippen molar-refractivity contribution >= 4 is 28.7 Å². The third kappa shape index (κ3) is 1.19.